The minimum atomic E-state index is -0.465. The van der Waals surface area contributed by atoms with Crippen molar-refractivity contribution in [3.05, 3.63) is 63.9 Å². The zero-order valence-electron chi connectivity index (χ0n) is 16.5. The molecule has 0 bridgehead atoms. The summed E-state index contributed by atoms with van der Waals surface area (Å²) in [5.41, 5.74) is 3.36. The van der Waals surface area contributed by atoms with E-state index in [0.717, 1.165) is 16.8 Å². The molecule has 29 heavy (non-hydrogen) atoms. The fraction of sp³-hybridized carbons (Fsp3) is 0.238. The van der Waals surface area contributed by atoms with Crippen molar-refractivity contribution in [1.82, 2.24) is 19.2 Å². The van der Waals surface area contributed by atoms with Gasteiger partial charge in [-0.3, -0.25) is 14.0 Å². The molecule has 2 aromatic heterocycles. The molecule has 0 N–H and O–H groups in total. The van der Waals surface area contributed by atoms with Gasteiger partial charge in [0.25, 0.3) is 5.56 Å². The molecule has 148 valence electrons. The van der Waals surface area contributed by atoms with E-state index in [0.29, 0.717) is 21.8 Å². The molecule has 0 fully saturated rings. The summed E-state index contributed by atoms with van der Waals surface area (Å²) < 4.78 is 8.23. The van der Waals surface area contributed by atoms with Crippen molar-refractivity contribution in [3.8, 4) is 5.69 Å². The number of carbonyl (C=O) groups is 1. The zero-order valence-corrected chi connectivity index (χ0v) is 17.4. The number of hydrogen-bond donors (Lipinski definition) is 0. The summed E-state index contributed by atoms with van der Waals surface area (Å²) in [4.78, 5) is 25.3. The Bertz CT molecular complexity index is 1310. The number of methoxy groups -OCH3 is 1. The van der Waals surface area contributed by atoms with Crippen molar-refractivity contribution in [1.29, 1.82) is 0 Å². The normalized spacial score (nSPS) is 12.4. The Morgan fingerprint density at radius 1 is 1.14 bits per heavy atom. The number of para-hydroxylation sites is 1. The lowest BCUT2D eigenvalue weighted by Crippen LogP contribution is -2.22. The third kappa shape index (κ3) is 3.19. The van der Waals surface area contributed by atoms with Gasteiger partial charge in [-0.25, -0.2) is 4.57 Å². The molecule has 0 saturated carbocycles. The van der Waals surface area contributed by atoms with Crippen molar-refractivity contribution in [2.24, 2.45) is 0 Å². The second-order valence-electron chi connectivity index (χ2n) is 6.85. The summed E-state index contributed by atoms with van der Waals surface area (Å²) >= 11 is 1.24. The largest absolute Gasteiger partial charge is 0.468 e. The van der Waals surface area contributed by atoms with Crippen molar-refractivity contribution >= 4 is 34.4 Å². The lowest BCUT2D eigenvalue weighted by Gasteiger charge is -2.14. The van der Waals surface area contributed by atoms with Crippen LogP contribution in [0, 0.1) is 13.8 Å². The zero-order chi connectivity index (χ0) is 20.7. The quantitative estimate of drug-likeness (QED) is 0.381. The predicted octanol–water partition coefficient (Wildman–Crippen LogP) is 3.30. The summed E-state index contributed by atoms with van der Waals surface area (Å²) in [5.74, 6) is 0.0546. The first kappa shape index (κ1) is 19.2. The maximum atomic E-state index is 13.4. The molecular formula is C21H20N4O3S. The van der Waals surface area contributed by atoms with Gasteiger partial charge in [-0.15, -0.1) is 10.2 Å². The van der Waals surface area contributed by atoms with Crippen LogP contribution in [0.4, 0.5) is 0 Å². The van der Waals surface area contributed by atoms with Crippen molar-refractivity contribution in [3.63, 3.8) is 0 Å². The molecule has 0 aliphatic rings. The molecule has 2 heterocycles. The van der Waals surface area contributed by atoms with Gasteiger partial charge in [-0.1, -0.05) is 41.6 Å². The molecule has 0 saturated heterocycles. The van der Waals surface area contributed by atoms with Gasteiger partial charge in [-0.05, 0) is 44.5 Å². The highest BCUT2D eigenvalue weighted by Gasteiger charge is 2.22. The number of thioether (sulfide) groups is 1. The number of carbonyl (C=O) groups excluding carboxylic acids is 1. The Morgan fingerprint density at radius 3 is 2.62 bits per heavy atom. The van der Waals surface area contributed by atoms with E-state index < -0.39 is 5.25 Å². The van der Waals surface area contributed by atoms with Crippen molar-refractivity contribution in [2.45, 2.75) is 31.2 Å². The first-order valence-corrected chi connectivity index (χ1v) is 10.0. The second kappa shape index (κ2) is 7.36. The highest BCUT2D eigenvalue weighted by atomic mass is 32.2. The van der Waals surface area contributed by atoms with Crippen LogP contribution in [0.15, 0.2) is 52.4 Å². The summed E-state index contributed by atoms with van der Waals surface area (Å²) in [7, 11) is 1.36. The predicted molar refractivity (Wildman–Crippen MR) is 113 cm³/mol. The molecule has 8 heteroatoms. The van der Waals surface area contributed by atoms with E-state index in [1.807, 2.05) is 54.6 Å². The first-order chi connectivity index (χ1) is 13.9. The lowest BCUT2D eigenvalue weighted by atomic mass is 10.1. The molecule has 7 nitrogen and oxygen atoms in total. The van der Waals surface area contributed by atoms with Crippen LogP contribution in [-0.4, -0.2) is 37.5 Å². The Labute approximate surface area is 171 Å². The van der Waals surface area contributed by atoms with Gasteiger partial charge in [-0.2, -0.15) is 0 Å². The van der Waals surface area contributed by atoms with E-state index in [4.69, 9.17) is 4.74 Å². The summed E-state index contributed by atoms with van der Waals surface area (Å²) in [6.07, 6.45) is 0. The molecule has 4 aromatic rings. The number of hydrogen-bond acceptors (Lipinski definition) is 6. The summed E-state index contributed by atoms with van der Waals surface area (Å²) in [5, 5.41) is 9.20. The van der Waals surface area contributed by atoms with Crippen LogP contribution in [0.2, 0.25) is 0 Å². The fourth-order valence-electron chi connectivity index (χ4n) is 3.40. The maximum Gasteiger partial charge on any atom is 0.318 e. The summed E-state index contributed by atoms with van der Waals surface area (Å²) in [6, 6.07) is 13.2. The molecule has 0 radical (unpaired) electrons. The number of aryl methyl sites for hydroxylation is 2. The summed E-state index contributed by atoms with van der Waals surface area (Å²) in [6.45, 7) is 5.72. The first-order valence-electron chi connectivity index (χ1n) is 9.13. The average molecular weight is 408 g/mol. The van der Waals surface area contributed by atoms with Crippen LogP contribution in [0.3, 0.4) is 0 Å². The molecule has 0 aliphatic carbocycles. The standard InChI is InChI=1S/C21H20N4O3S/c1-12-9-10-16(13(2)11-12)24-18(26)15-7-5-6-8-17(15)25-20(24)22-23-21(25)29-14(3)19(27)28-4/h5-11,14H,1-4H3. The minimum absolute atomic E-state index is 0.162. The third-order valence-corrected chi connectivity index (χ3v) is 5.82. The Kier molecular flexibility index (Phi) is 4.87. The number of nitrogens with zero attached hydrogens (tertiary/aromatic N) is 4. The number of ether oxygens (including phenoxy) is 1. The molecular weight excluding hydrogens is 388 g/mol. The number of esters is 1. The number of aromatic nitrogens is 4. The Hall–Kier alpha value is -3.13. The van der Waals surface area contributed by atoms with E-state index >= 15 is 0 Å². The Morgan fingerprint density at radius 2 is 1.90 bits per heavy atom. The fourth-order valence-corrected chi connectivity index (χ4v) is 4.28. The molecule has 0 amide bonds. The van der Waals surface area contributed by atoms with E-state index in [-0.39, 0.29) is 11.5 Å². The third-order valence-electron chi connectivity index (χ3n) is 4.80. The molecule has 2 aromatic carbocycles. The van der Waals surface area contributed by atoms with Crippen LogP contribution < -0.4 is 5.56 Å². The maximum absolute atomic E-state index is 13.4. The monoisotopic (exact) mass is 408 g/mol. The lowest BCUT2D eigenvalue weighted by molar-refractivity contribution is -0.139. The topological polar surface area (TPSA) is 78.5 Å². The van der Waals surface area contributed by atoms with Gasteiger partial charge in [0.2, 0.25) is 5.78 Å². The van der Waals surface area contributed by atoms with E-state index in [2.05, 4.69) is 10.2 Å². The Balaban J connectivity index is 2.05. The van der Waals surface area contributed by atoms with Gasteiger partial charge < -0.3 is 4.74 Å². The SMILES string of the molecule is COC(=O)C(C)Sc1nnc2n(-c3ccc(C)cc3C)c(=O)c3ccccc3n12. The average Bonchev–Trinajstić information content (AvgIpc) is 3.12. The van der Waals surface area contributed by atoms with Gasteiger partial charge >= 0.3 is 5.97 Å². The van der Waals surface area contributed by atoms with Crippen molar-refractivity contribution < 1.29 is 9.53 Å². The van der Waals surface area contributed by atoms with Gasteiger partial charge in [0, 0.05) is 0 Å². The van der Waals surface area contributed by atoms with Crippen LogP contribution in [-0.2, 0) is 9.53 Å². The highest BCUT2D eigenvalue weighted by molar-refractivity contribution is 8.00. The smallest absolute Gasteiger partial charge is 0.318 e. The van der Waals surface area contributed by atoms with Gasteiger partial charge in [0.05, 0.1) is 23.7 Å². The molecule has 0 spiro atoms. The van der Waals surface area contributed by atoms with Gasteiger partial charge in [0.1, 0.15) is 5.25 Å². The minimum Gasteiger partial charge on any atom is -0.468 e. The van der Waals surface area contributed by atoms with Crippen molar-refractivity contribution in [2.75, 3.05) is 7.11 Å². The molecule has 1 atom stereocenters. The van der Waals surface area contributed by atoms with Crippen LogP contribution in [0.5, 0.6) is 0 Å². The number of rotatable bonds is 4. The number of fused-ring (bicyclic) bond motifs is 3. The molecule has 4 rings (SSSR count). The van der Waals surface area contributed by atoms with E-state index in [9.17, 15) is 9.59 Å². The van der Waals surface area contributed by atoms with Crippen LogP contribution in [0.25, 0.3) is 22.4 Å². The molecule has 0 aliphatic heterocycles. The second-order valence-corrected chi connectivity index (χ2v) is 8.16. The van der Waals surface area contributed by atoms with Gasteiger partial charge in [0.15, 0.2) is 5.16 Å². The highest BCUT2D eigenvalue weighted by Crippen LogP contribution is 2.27. The molecule has 1 unspecified atom stereocenters. The van der Waals surface area contributed by atoms with Crippen LogP contribution in [0.1, 0.15) is 18.1 Å². The van der Waals surface area contributed by atoms with E-state index in [1.54, 1.807) is 17.6 Å². The van der Waals surface area contributed by atoms with Crippen LogP contribution >= 0.6 is 11.8 Å². The number of benzene rings is 2. The van der Waals surface area contributed by atoms with E-state index in [1.165, 1.54) is 18.9 Å².